The van der Waals surface area contributed by atoms with Crippen LogP contribution in [0.5, 0.6) is 0 Å². The quantitative estimate of drug-likeness (QED) is 0.387. The van der Waals surface area contributed by atoms with Crippen LogP contribution < -0.4 is 0 Å². The second-order valence-corrected chi connectivity index (χ2v) is 3.36. The van der Waals surface area contributed by atoms with E-state index >= 15 is 0 Å². The predicted molar refractivity (Wildman–Crippen MR) is 50.9 cm³/mol. The first-order chi connectivity index (χ1) is 7.17. The molecule has 1 heterocycles. The molecule has 1 aliphatic heterocycles. The fourth-order valence-electron chi connectivity index (χ4n) is 1.56. The van der Waals surface area contributed by atoms with E-state index < -0.39 is 17.4 Å². The van der Waals surface area contributed by atoms with Gasteiger partial charge in [0.05, 0.1) is 0 Å². The van der Waals surface area contributed by atoms with E-state index in [9.17, 15) is 9.59 Å². The van der Waals surface area contributed by atoms with E-state index in [4.69, 9.17) is 14.2 Å². The molecule has 1 aliphatic rings. The number of hydrogen-bond donors (Lipinski definition) is 0. The lowest BCUT2D eigenvalue weighted by atomic mass is 9.81. The molecule has 5 nitrogen and oxygen atoms in total. The Morgan fingerprint density at radius 3 is 2.33 bits per heavy atom. The first-order valence-electron chi connectivity index (χ1n) is 5.09. The molecule has 15 heavy (non-hydrogen) atoms. The SMILES string of the molecule is CCOCCC1(CC)C(=O)OCOC1=O. The molecular weight excluding hydrogens is 200 g/mol. The van der Waals surface area contributed by atoms with Crippen molar-refractivity contribution in [2.45, 2.75) is 26.7 Å². The number of ether oxygens (including phenoxy) is 3. The van der Waals surface area contributed by atoms with Crippen LogP contribution >= 0.6 is 0 Å². The van der Waals surface area contributed by atoms with Gasteiger partial charge in [-0.15, -0.1) is 0 Å². The van der Waals surface area contributed by atoms with Gasteiger partial charge in [-0.3, -0.25) is 9.59 Å². The van der Waals surface area contributed by atoms with Gasteiger partial charge in [0.2, 0.25) is 6.79 Å². The molecule has 1 rings (SSSR count). The Morgan fingerprint density at radius 2 is 1.87 bits per heavy atom. The Labute approximate surface area is 88.7 Å². The lowest BCUT2D eigenvalue weighted by Crippen LogP contribution is -2.46. The van der Waals surface area contributed by atoms with Crippen LogP contribution in [-0.2, 0) is 23.8 Å². The number of carbonyl (C=O) groups is 2. The number of esters is 2. The van der Waals surface area contributed by atoms with Crippen LogP contribution in [0.2, 0.25) is 0 Å². The van der Waals surface area contributed by atoms with E-state index in [0.717, 1.165) is 0 Å². The second-order valence-electron chi connectivity index (χ2n) is 3.36. The molecule has 0 aromatic heterocycles. The van der Waals surface area contributed by atoms with Crippen molar-refractivity contribution < 1.29 is 23.8 Å². The third-order valence-corrected chi connectivity index (χ3v) is 2.64. The monoisotopic (exact) mass is 216 g/mol. The molecule has 0 N–H and O–H groups in total. The first kappa shape index (κ1) is 12.0. The van der Waals surface area contributed by atoms with E-state index in [1.54, 1.807) is 6.92 Å². The smallest absolute Gasteiger partial charge is 0.326 e. The van der Waals surface area contributed by atoms with Crippen LogP contribution in [-0.4, -0.2) is 31.9 Å². The zero-order valence-electron chi connectivity index (χ0n) is 9.08. The van der Waals surface area contributed by atoms with Gasteiger partial charge in [-0.2, -0.15) is 0 Å². The van der Waals surface area contributed by atoms with E-state index in [0.29, 0.717) is 26.1 Å². The van der Waals surface area contributed by atoms with Gasteiger partial charge in [0.15, 0.2) is 5.41 Å². The summed E-state index contributed by atoms with van der Waals surface area (Å²) in [6.07, 6.45) is 0.687. The van der Waals surface area contributed by atoms with Gasteiger partial charge in [-0.25, -0.2) is 0 Å². The molecule has 0 atom stereocenters. The van der Waals surface area contributed by atoms with Crippen molar-refractivity contribution in [3.05, 3.63) is 0 Å². The third kappa shape index (κ3) is 2.28. The maximum absolute atomic E-state index is 11.6. The standard InChI is InChI=1S/C10H16O5/c1-3-10(5-6-13-4-2)8(11)14-7-15-9(10)12/h3-7H2,1-2H3. The minimum absolute atomic E-state index is 0.270. The highest BCUT2D eigenvalue weighted by Crippen LogP contribution is 2.32. The summed E-state index contributed by atoms with van der Waals surface area (Å²) < 4.78 is 14.6. The number of cyclic esters (lactones) is 2. The zero-order chi connectivity index (χ0) is 11.3. The highest BCUT2D eigenvalue weighted by molar-refractivity contribution is 6.01. The molecule has 0 unspecified atom stereocenters. The Kier molecular flexibility index (Phi) is 4.08. The van der Waals surface area contributed by atoms with Gasteiger partial charge in [0, 0.05) is 13.2 Å². The Bertz CT molecular complexity index is 232. The van der Waals surface area contributed by atoms with Crippen LogP contribution in [0.3, 0.4) is 0 Å². The minimum atomic E-state index is -1.16. The normalized spacial score (nSPS) is 19.6. The molecule has 5 heteroatoms. The summed E-state index contributed by atoms with van der Waals surface area (Å²) in [5.41, 5.74) is -1.16. The molecule has 86 valence electrons. The second kappa shape index (κ2) is 5.11. The first-order valence-corrected chi connectivity index (χ1v) is 5.09. The van der Waals surface area contributed by atoms with Crippen LogP contribution in [0.15, 0.2) is 0 Å². The summed E-state index contributed by atoms with van der Waals surface area (Å²) >= 11 is 0. The van der Waals surface area contributed by atoms with Crippen molar-refractivity contribution in [3.63, 3.8) is 0 Å². The van der Waals surface area contributed by atoms with Gasteiger partial charge in [0.25, 0.3) is 0 Å². The lowest BCUT2D eigenvalue weighted by Gasteiger charge is -2.31. The summed E-state index contributed by atoms with van der Waals surface area (Å²) in [7, 11) is 0. The fraction of sp³-hybridized carbons (Fsp3) is 0.800. The van der Waals surface area contributed by atoms with Crippen LogP contribution in [0.1, 0.15) is 26.7 Å². The highest BCUT2D eigenvalue weighted by atomic mass is 16.7. The van der Waals surface area contributed by atoms with Crippen molar-refractivity contribution in [2.24, 2.45) is 5.41 Å². The minimum Gasteiger partial charge on any atom is -0.427 e. The zero-order valence-corrected chi connectivity index (χ0v) is 9.08. The summed E-state index contributed by atoms with van der Waals surface area (Å²) in [5.74, 6) is -0.998. The number of hydrogen-bond acceptors (Lipinski definition) is 5. The average Bonchev–Trinajstić information content (AvgIpc) is 2.23. The van der Waals surface area contributed by atoms with Crippen LogP contribution in [0.25, 0.3) is 0 Å². The molecule has 0 spiro atoms. The van der Waals surface area contributed by atoms with Crippen LogP contribution in [0.4, 0.5) is 0 Å². The summed E-state index contributed by atoms with van der Waals surface area (Å²) in [6, 6.07) is 0. The van der Waals surface area contributed by atoms with Gasteiger partial charge < -0.3 is 14.2 Å². The summed E-state index contributed by atoms with van der Waals surface area (Å²) in [5, 5.41) is 0. The van der Waals surface area contributed by atoms with E-state index in [-0.39, 0.29) is 6.79 Å². The topological polar surface area (TPSA) is 61.8 Å². The molecule has 0 radical (unpaired) electrons. The Morgan fingerprint density at radius 1 is 1.27 bits per heavy atom. The average molecular weight is 216 g/mol. The number of carbonyl (C=O) groups excluding carboxylic acids is 2. The Balaban J connectivity index is 2.70. The molecule has 0 aromatic rings. The fourth-order valence-corrected chi connectivity index (χ4v) is 1.56. The van der Waals surface area contributed by atoms with Gasteiger partial charge in [-0.1, -0.05) is 6.92 Å². The molecule has 0 aromatic carbocycles. The van der Waals surface area contributed by atoms with Crippen molar-refractivity contribution in [1.29, 1.82) is 0 Å². The molecule has 1 saturated heterocycles. The predicted octanol–water partition coefficient (Wildman–Crippen LogP) is 0.867. The summed E-state index contributed by atoms with van der Waals surface area (Å²) in [4.78, 5) is 23.1. The maximum atomic E-state index is 11.6. The van der Waals surface area contributed by atoms with E-state index in [2.05, 4.69) is 0 Å². The lowest BCUT2D eigenvalue weighted by molar-refractivity contribution is -0.203. The Hall–Kier alpha value is -1.10. The highest BCUT2D eigenvalue weighted by Gasteiger charge is 2.49. The molecular formula is C10H16O5. The molecule has 0 bridgehead atoms. The molecule has 0 saturated carbocycles. The molecule has 0 aliphatic carbocycles. The van der Waals surface area contributed by atoms with Crippen LogP contribution in [0, 0.1) is 5.41 Å². The van der Waals surface area contributed by atoms with Crippen molar-refractivity contribution in [1.82, 2.24) is 0 Å². The van der Waals surface area contributed by atoms with Crippen molar-refractivity contribution in [3.8, 4) is 0 Å². The largest absolute Gasteiger partial charge is 0.427 e. The van der Waals surface area contributed by atoms with Crippen molar-refractivity contribution in [2.75, 3.05) is 20.0 Å². The van der Waals surface area contributed by atoms with Gasteiger partial charge in [0.1, 0.15) is 0 Å². The third-order valence-electron chi connectivity index (χ3n) is 2.64. The van der Waals surface area contributed by atoms with Gasteiger partial charge >= 0.3 is 11.9 Å². The number of rotatable bonds is 5. The molecule has 1 fully saturated rings. The van der Waals surface area contributed by atoms with E-state index in [1.807, 2.05) is 6.92 Å². The van der Waals surface area contributed by atoms with E-state index in [1.165, 1.54) is 0 Å². The van der Waals surface area contributed by atoms with Gasteiger partial charge in [-0.05, 0) is 19.8 Å². The molecule has 0 amide bonds. The van der Waals surface area contributed by atoms with Crippen molar-refractivity contribution >= 4 is 11.9 Å². The summed E-state index contributed by atoms with van der Waals surface area (Å²) in [6.45, 7) is 4.27. The maximum Gasteiger partial charge on any atom is 0.326 e.